The largest absolute Gasteiger partial charge is 0.350 e. The zero-order chi connectivity index (χ0) is 15.9. The predicted octanol–water partition coefficient (Wildman–Crippen LogP) is 5.14. The highest BCUT2D eigenvalue weighted by Crippen LogP contribution is 2.37. The fourth-order valence-corrected chi connectivity index (χ4v) is 3.55. The Bertz CT molecular complexity index is 821. The molecule has 0 radical (unpaired) electrons. The third-order valence-electron chi connectivity index (χ3n) is 4.00. The molecule has 0 saturated heterocycles. The van der Waals surface area contributed by atoms with Crippen molar-refractivity contribution < 1.29 is 0 Å². The van der Waals surface area contributed by atoms with E-state index >= 15 is 0 Å². The first-order valence-corrected chi connectivity index (χ1v) is 7.90. The van der Waals surface area contributed by atoms with Gasteiger partial charge in [0.15, 0.2) is 0 Å². The summed E-state index contributed by atoms with van der Waals surface area (Å²) >= 11 is 12.5. The van der Waals surface area contributed by atoms with Gasteiger partial charge in [0.25, 0.3) is 0 Å². The average molecular weight is 333 g/mol. The molecule has 0 aliphatic carbocycles. The van der Waals surface area contributed by atoms with Crippen LogP contribution in [-0.4, -0.2) is 23.6 Å². The van der Waals surface area contributed by atoms with Crippen molar-refractivity contribution in [3.63, 3.8) is 0 Å². The van der Waals surface area contributed by atoms with E-state index in [2.05, 4.69) is 61.1 Å². The van der Waals surface area contributed by atoms with Gasteiger partial charge < -0.3 is 4.57 Å². The molecule has 22 heavy (non-hydrogen) atoms. The summed E-state index contributed by atoms with van der Waals surface area (Å²) in [7, 11) is 6.21. The van der Waals surface area contributed by atoms with Crippen molar-refractivity contribution in [1.29, 1.82) is 0 Å². The summed E-state index contributed by atoms with van der Waals surface area (Å²) in [6.45, 7) is 0. The van der Waals surface area contributed by atoms with Crippen molar-refractivity contribution in [2.45, 2.75) is 6.04 Å². The fraction of sp³-hybridized carbons (Fsp3) is 0.222. The molecule has 2 aromatic carbocycles. The van der Waals surface area contributed by atoms with E-state index in [4.69, 9.17) is 23.2 Å². The third kappa shape index (κ3) is 2.63. The molecule has 4 heteroatoms. The minimum atomic E-state index is 0.0795. The number of para-hydroxylation sites is 1. The Morgan fingerprint density at radius 2 is 1.73 bits per heavy atom. The number of aromatic nitrogens is 1. The number of hydrogen-bond donors (Lipinski definition) is 0. The summed E-state index contributed by atoms with van der Waals surface area (Å²) in [5.41, 5.74) is 3.52. The lowest BCUT2D eigenvalue weighted by molar-refractivity contribution is 0.344. The monoisotopic (exact) mass is 332 g/mol. The van der Waals surface area contributed by atoms with Gasteiger partial charge in [-0.1, -0.05) is 47.5 Å². The quantitative estimate of drug-likeness (QED) is 0.645. The first-order chi connectivity index (χ1) is 10.5. The first kappa shape index (κ1) is 15.4. The van der Waals surface area contributed by atoms with Crippen molar-refractivity contribution in [2.24, 2.45) is 7.05 Å². The van der Waals surface area contributed by atoms with Crippen LogP contribution < -0.4 is 0 Å². The summed E-state index contributed by atoms with van der Waals surface area (Å²) in [5.74, 6) is 0. The molecule has 0 aliphatic rings. The molecule has 1 heterocycles. The number of halogens is 2. The second-order valence-corrected chi connectivity index (χ2v) is 6.59. The molecule has 0 spiro atoms. The van der Waals surface area contributed by atoms with Crippen molar-refractivity contribution in [1.82, 2.24) is 9.47 Å². The van der Waals surface area contributed by atoms with E-state index in [0.717, 1.165) is 5.56 Å². The molecule has 0 saturated carbocycles. The maximum absolute atomic E-state index is 6.46. The highest BCUT2D eigenvalue weighted by atomic mass is 35.5. The smallest absolute Gasteiger partial charge is 0.0632 e. The molecule has 2 nitrogen and oxygen atoms in total. The van der Waals surface area contributed by atoms with Gasteiger partial charge in [-0.3, -0.25) is 4.90 Å². The number of benzene rings is 2. The predicted molar refractivity (Wildman–Crippen MR) is 94.9 cm³/mol. The van der Waals surface area contributed by atoms with Gasteiger partial charge in [-0.15, -0.1) is 0 Å². The maximum Gasteiger partial charge on any atom is 0.0632 e. The van der Waals surface area contributed by atoms with E-state index in [9.17, 15) is 0 Å². The summed E-state index contributed by atoms with van der Waals surface area (Å²) in [5, 5.41) is 2.60. The lowest BCUT2D eigenvalue weighted by atomic mass is 9.97. The van der Waals surface area contributed by atoms with Gasteiger partial charge in [0.2, 0.25) is 0 Å². The van der Waals surface area contributed by atoms with Crippen LogP contribution in [-0.2, 0) is 7.05 Å². The molecule has 1 unspecified atom stereocenters. The van der Waals surface area contributed by atoms with Crippen LogP contribution in [0.4, 0.5) is 0 Å². The topological polar surface area (TPSA) is 8.17 Å². The van der Waals surface area contributed by atoms with Crippen LogP contribution in [0.15, 0.2) is 48.7 Å². The zero-order valence-corrected chi connectivity index (χ0v) is 14.4. The molecule has 0 fully saturated rings. The summed E-state index contributed by atoms with van der Waals surface area (Å²) in [4.78, 5) is 2.18. The Kier molecular flexibility index (Phi) is 4.18. The van der Waals surface area contributed by atoms with Gasteiger partial charge in [-0.25, -0.2) is 0 Å². The molecular formula is C18H18Cl2N2. The third-order valence-corrected chi connectivity index (χ3v) is 4.56. The second kappa shape index (κ2) is 5.96. The van der Waals surface area contributed by atoms with E-state index in [1.165, 1.54) is 16.5 Å². The van der Waals surface area contributed by atoms with Crippen molar-refractivity contribution in [2.75, 3.05) is 14.1 Å². The zero-order valence-electron chi connectivity index (χ0n) is 12.8. The van der Waals surface area contributed by atoms with Crippen LogP contribution in [0.1, 0.15) is 17.2 Å². The SMILES string of the molecule is CN(C)C(c1ccc(Cl)cc1Cl)c1cn(C)c2ccccc12. The van der Waals surface area contributed by atoms with Gasteiger partial charge in [0, 0.05) is 34.2 Å². The van der Waals surface area contributed by atoms with Crippen LogP contribution in [0, 0.1) is 0 Å². The van der Waals surface area contributed by atoms with Crippen LogP contribution in [0.5, 0.6) is 0 Å². The Morgan fingerprint density at radius 3 is 2.41 bits per heavy atom. The van der Waals surface area contributed by atoms with E-state index in [0.29, 0.717) is 10.0 Å². The first-order valence-electron chi connectivity index (χ1n) is 7.14. The summed E-state index contributed by atoms with van der Waals surface area (Å²) < 4.78 is 2.16. The molecule has 0 amide bonds. The number of rotatable bonds is 3. The lowest BCUT2D eigenvalue weighted by Gasteiger charge is -2.25. The van der Waals surface area contributed by atoms with Gasteiger partial charge >= 0.3 is 0 Å². The molecule has 114 valence electrons. The van der Waals surface area contributed by atoms with Gasteiger partial charge in [-0.05, 0) is 43.4 Å². The molecule has 0 N–H and O–H groups in total. The molecular weight excluding hydrogens is 315 g/mol. The molecule has 3 rings (SSSR count). The molecule has 3 aromatic rings. The van der Waals surface area contributed by atoms with Crippen molar-refractivity contribution >= 4 is 34.1 Å². The van der Waals surface area contributed by atoms with E-state index in [-0.39, 0.29) is 6.04 Å². The maximum atomic E-state index is 6.46. The van der Waals surface area contributed by atoms with E-state index < -0.39 is 0 Å². The van der Waals surface area contributed by atoms with Gasteiger partial charge in [-0.2, -0.15) is 0 Å². The standard InChI is InChI=1S/C18H18Cl2N2/c1-21(2)18(14-9-8-12(19)10-16(14)20)15-11-22(3)17-7-5-4-6-13(15)17/h4-11,18H,1-3H3. The molecule has 1 aromatic heterocycles. The number of fused-ring (bicyclic) bond motifs is 1. The number of aryl methyl sites for hydroxylation is 1. The fourth-order valence-electron chi connectivity index (χ4n) is 3.04. The highest BCUT2D eigenvalue weighted by Gasteiger charge is 2.23. The Balaban J connectivity index is 2.23. The minimum absolute atomic E-state index is 0.0795. The molecule has 0 aliphatic heterocycles. The van der Waals surface area contributed by atoms with Gasteiger partial charge in [0.05, 0.1) is 6.04 Å². The number of nitrogens with zero attached hydrogens (tertiary/aromatic N) is 2. The van der Waals surface area contributed by atoms with Crippen molar-refractivity contribution in [3.8, 4) is 0 Å². The van der Waals surface area contributed by atoms with Gasteiger partial charge in [0.1, 0.15) is 0 Å². The number of hydrogen-bond acceptors (Lipinski definition) is 1. The Labute approximate surface area is 140 Å². The van der Waals surface area contributed by atoms with Crippen LogP contribution in [0.3, 0.4) is 0 Å². The van der Waals surface area contributed by atoms with Crippen molar-refractivity contribution in [3.05, 3.63) is 69.8 Å². The summed E-state index contributed by atoms with van der Waals surface area (Å²) in [6.07, 6.45) is 2.18. The van der Waals surface area contributed by atoms with Crippen LogP contribution >= 0.6 is 23.2 Å². The summed E-state index contributed by atoms with van der Waals surface area (Å²) in [6, 6.07) is 14.2. The second-order valence-electron chi connectivity index (χ2n) is 5.74. The Morgan fingerprint density at radius 1 is 1.00 bits per heavy atom. The minimum Gasteiger partial charge on any atom is -0.350 e. The average Bonchev–Trinajstić information content (AvgIpc) is 2.79. The highest BCUT2D eigenvalue weighted by molar-refractivity contribution is 6.35. The van der Waals surface area contributed by atoms with E-state index in [1.807, 2.05) is 12.1 Å². The normalized spacial score (nSPS) is 13.0. The molecule has 1 atom stereocenters. The van der Waals surface area contributed by atoms with Crippen LogP contribution in [0.2, 0.25) is 10.0 Å². The Hall–Kier alpha value is -1.48. The van der Waals surface area contributed by atoms with Crippen LogP contribution in [0.25, 0.3) is 10.9 Å². The molecule has 0 bridgehead atoms. The van der Waals surface area contributed by atoms with E-state index in [1.54, 1.807) is 6.07 Å². The lowest BCUT2D eigenvalue weighted by Crippen LogP contribution is -2.21.